The minimum absolute atomic E-state index is 0.105. The molecule has 1 aromatic carbocycles. The van der Waals surface area contributed by atoms with Gasteiger partial charge in [0.05, 0.1) is 40.7 Å². The van der Waals surface area contributed by atoms with Gasteiger partial charge in [0.1, 0.15) is 0 Å². The van der Waals surface area contributed by atoms with E-state index in [0.717, 1.165) is 0 Å². The van der Waals surface area contributed by atoms with Crippen molar-refractivity contribution in [2.45, 2.75) is 40.5 Å². The van der Waals surface area contributed by atoms with E-state index in [1.807, 2.05) is 13.8 Å². The Morgan fingerprint density at radius 2 is 1.52 bits per heavy atom. The van der Waals surface area contributed by atoms with Crippen LogP contribution in [0, 0.1) is 24.0 Å². The van der Waals surface area contributed by atoms with Crippen LogP contribution in [0.25, 0.3) is 11.1 Å². The molecule has 0 amide bonds. The van der Waals surface area contributed by atoms with Crippen molar-refractivity contribution in [3.63, 3.8) is 0 Å². The second-order valence-electron chi connectivity index (χ2n) is 6.49. The van der Waals surface area contributed by atoms with E-state index in [-0.39, 0.29) is 35.6 Å². The van der Waals surface area contributed by atoms with Crippen LogP contribution in [0.5, 0.6) is 0 Å². The molecule has 0 saturated carbocycles. The first kappa shape index (κ1) is 22.0. The Hall–Kier alpha value is -3.29. The van der Waals surface area contributed by atoms with Gasteiger partial charge in [-0.05, 0) is 32.3 Å². The fraction of sp³-hybridized carbons (Fsp3) is 0.381. The minimum Gasteiger partial charge on any atom is -0.462 e. The zero-order valence-corrected chi connectivity index (χ0v) is 17.0. The predicted molar refractivity (Wildman–Crippen MR) is 107 cm³/mol. The number of nitrogens with zero attached hydrogens (tertiary/aromatic N) is 2. The van der Waals surface area contributed by atoms with Crippen molar-refractivity contribution >= 4 is 17.6 Å². The SMILES string of the molecule is CCCOC(=O)c1c(C)nc(C)c(C(=O)OCCC)c1-c1cccc([N+](=O)[O-])c1. The molecule has 29 heavy (non-hydrogen) atoms. The molecule has 0 fully saturated rings. The first-order valence-corrected chi connectivity index (χ1v) is 9.42. The van der Waals surface area contributed by atoms with E-state index in [1.165, 1.54) is 18.2 Å². The van der Waals surface area contributed by atoms with E-state index in [1.54, 1.807) is 19.9 Å². The quantitative estimate of drug-likeness (QED) is 0.367. The third-order valence-corrected chi connectivity index (χ3v) is 4.19. The fourth-order valence-electron chi connectivity index (χ4n) is 2.95. The Bertz CT molecular complexity index is 895. The highest BCUT2D eigenvalue weighted by molar-refractivity contribution is 6.07. The van der Waals surface area contributed by atoms with Crippen molar-refractivity contribution in [1.82, 2.24) is 4.98 Å². The third-order valence-electron chi connectivity index (χ3n) is 4.19. The molecule has 2 rings (SSSR count). The zero-order chi connectivity index (χ0) is 21.6. The lowest BCUT2D eigenvalue weighted by molar-refractivity contribution is -0.384. The minimum atomic E-state index is -0.636. The van der Waals surface area contributed by atoms with Gasteiger partial charge in [0, 0.05) is 17.7 Å². The molecular weight excluding hydrogens is 376 g/mol. The summed E-state index contributed by atoms with van der Waals surface area (Å²) in [6.45, 7) is 7.41. The maximum absolute atomic E-state index is 12.8. The number of esters is 2. The number of non-ortho nitro benzene ring substituents is 1. The van der Waals surface area contributed by atoms with Gasteiger partial charge in [0.15, 0.2) is 0 Å². The van der Waals surface area contributed by atoms with Crippen LogP contribution in [0.4, 0.5) is 5.69 Å². The highest BCUT2D eigenvalue weighted by Gasteiger charge is 2.28. The number of carbonyl (C=O) groups is 2. The van der Waals surface area contributed by atoms with E-state index in [4.69, 9.17) is 9.47 Å². The molecule has 2 aromatic rings. The topological polar surface area (TPSA) is 109 Å². The molecule has 0 spiro atoms. The number of nitro benzene ring substituents is 1. The van der Waals surface area contributed by atoms with E-state index >= 15 is 0 Å². The van der Waals surface area contributed by atoms with Gasteiger partial charge < -0.3 is 9.47 Å². The molecule has 0 aliphatic carbocycles. The highest BCUT2D eigenvalue weighted by Crippen LogP contribution is 2.34. The van der Waals surface area contributed by atoms with E-state index in [2.05, 4.69) is 4.98 Å². The summed E-state index contributed by atoms with van der Waals surface area (Å²) in [4.78, 5) is 40.6. The van der Waals surface area contributed by atoms with Gasteiger partial charge in [-0.3, -0.25) is 15.1 Å². The molecular formula is C21H24N2O6. The summed E-state index contributed by atoms with van der Waals surface area (Å²) in [6, 6.07) is 5.77. The number of aromatic nitrogens is 1. The van der Waals surface area contributed by atoms with Crippen LogP contribution in [0.1, 0.15) is 58.8 Å². The number of aryl methyl sites for hydroxylation is 2. The van der Waals surface area contributed by atoms with Gasteiger partial charge in [-0.25, -0.2) is 9.59 Å². The summed E-state index contributed by atoms with van der Waals surface area (Å²) < 4.78 is 10.6. The van der Waals surface area contributed by atoms with Crippen molar-refractivity contribution in [3.8, 4) is 11.1 Å². The lowest BCUT2D eigenvalue weighted by Crippen LogP contribution is -2.18. The molecule has 0 atom stereocenters. The van der Waals surface area contributed by atoms with Crippen LogP contribution in [0.3, 0.4) is 0 Å². The number of benzene rings is 1. The monoisotopic (exact) mass is 400 g/mol. The number of carbonyl (C=O) groups excluding carboxylic acids is 2. The number of ether oxygens (including phenoxy) is 2. The standard InChI is InChI=1S/C21H24N2O6/c1-5-10-28-20(24)17-13(3)22-14(4)18(21(25)29-11-6-2)19(17)15-8-7-9-16(12-15)23(26)27/h7-9,12H,5-6,10-11H2,1-4H3. The molecule has 8 nitrogen and oxygen atoms in total. The maximum Gasteiger partial charge on any atom is 0.340 e. The van der Waals surface area contributed by atoms with Crippen molar-refractivity contribution in [3.05, 3.63) is 56.9 Å². The predicted octanol–water partition coefficient (Wildman–Crippen LogP) is 4.41. The first-order chi connectivity index (χ1) is 13.8. The second kappa shape index (κ2) is 9.77. The summed E-state index contributed by atoms with van der Waals surface area (Å²) >= 11 is 0. The summed E-state index contributed by atoms with van der Waals surface area (Å²) in [7, 11) is 0. The Morgan fingerprint density at radius 3 is 1.97 bits per heavy atom. The third kappa shape index (κ3) is 4.96. The van der Waals surface area contributed by atoms with Crippen molar-refractivity contribution < 1.29 is 24.0 Å². The number of hydrogen-bond donors (Lipinski definition) is 0. The molecule has 0 saturated heterocycles. The van der Waals surface area contributed by atoms with Crippen molar-refractivity contribution in [2.24, 2.45) is 0 Å². The molecule has 0 radical (unpaired) electrons. The Balaban J connectivity index is 2.80. The molecule has 0 bridgehead atoms. The lowest BCUT2D eigenvalue weighted by atomic mass is 9.92. The number of pyridine rings is 1. The summed E-state index contributed by atoms with van der Waals surface area (Å²) in [6.07, 6.45) is 1.25. The summed E-state index contributed by atoms with van der Waals surface area (Å²) in [5.74, 6) is -1.27. The first-order valence-electron chi connectivity index (χ1n) is 9.42. The molecule has 0 aliphatic heterocycles. The normalized spacial score (nSPS) is 10.5. The Morgan fingerprint density at radius 1 is 1.00 bits per heavy atom. The summed E-state index contributed by atoms with van der Waals surface area (Å²) in [5.41, 5.74) is 1.38. The van der Waals surface area contributed by atoms with Gasteiger partial charge >= 0.3 is 11.9 Å². The smallest absolute Gasteiger partial charge is 0.340 e. The van der Waals surface area contributed by atoms with Crippen molar-refractivity contribution in [1.29, 1.82) is 0 Å². The molecule has 0 aliphatic rings. The van der Waals surface area contributed by atoms with E-state index in [0.29, 0.717) is 29.8 Å². The van der Waals surface area contributed by atoms with Crippen LogP contribution >= 0.6 is 0 Å². The van der Waals surface area contributed by atoms with Gasteiger partial charge in [0.2, 0.25) is 0 Å². The van der Waals surface area contributed by atoms with Crippen molar-refractivity contribution in [2.75, 3.05) is 13.2 Å². The zero-order valence-electron chi connectivity index (χ0n) is 17.0. The molecule has 0 unspecified atom stereocenters. The number of nitro groups is 1. The highest BCUT2D eigenvalue weighted by atomic mass is 16.6. The maximum atomic E-state index is 12.8. The van der Waals surface area contributed by atoms with Gasteiger partial charge in [-0.15, -0.1) is 0 Å². The Labute approximate surface area is 169 Å². The fourth-order valence-corrected chi connectivity index (χ4v) is 2.95. The molecule has 1 aromatic heterocycles. The summed E-state index contributed by atoms with van der Waals surface area (Å²) in [5, 5.41) is 11.2. The van der Waals surface area contributed by atoms with E-state index in [9.17, 15) is 19.7 Å². The van der Waals surface area contributed by atoms with Crippen LogP contribution in [0.15, 0.2) is 24.3 Å². The van der Waals surface area contributed by atoms with Crippen LogP contribution in [-0.4, -0.2) is 35.1 Å². The van der Waals surface area contributed by atoms with Crippen LogP contribution in [0.2, 0.25) is 0 Å². The Kier molecular flexibility index (Phi) is 7.41. The van der Waals surface area contributed by atoms with Gasteiger partial charge in [-0.1, -0.05) is 26.0 Å². The molecule has 8 heteroatoms. The number of hydrogen-bond acceptors (Lipinski definition) is 7. The molecule has 1 heterocycles. The largest absolute Gasteiger partial charge is 0.462 e. The molecule has 0 N–H and O–H groups in total. The molecule has 154 valence electrons. The second-order valence-corrected chi connectivity index (χ2v) is 6.49. The lowest BCUT2D eigenvalue weighted by Gasteiger charge is -2.18. The number of rotatable bonds is 8. The van der Waals surface area contributed by atoms with E-state index < -0.39 is 16.9 Å². The van der Waals surface area contributed by atoms with Crippen LogP contribution < -0.4 is 0 Å². The van der Waals surface area contributed by atoms with Gasteiger partial charge in [0.25, 0.3) is 5.69 Å². The average Bonchev–Trinajstić information content (AvgIpc) is 2.69. The van der Waals surface area contributed by atoms with Crippen LogP contribution in [-0.2, 0) is 9.47 Å². The average molecular weight is 400 g/mol. The van der Waals surface area contributed by atoms with Gasteiger partial charge in [-0.2, -0.15) is 0 Å².